The molecule has 0 aliphatic heterocycles. The Morgan fingerprint density at radius 3 is 2.06 bits per heavy atom. The molecule has 0 atom stereocenters. The number of carbonyl (C=O) groups is 1. The number of amides is 1. The topological polar surface area (TPSA) is 69.2 Å². The third-order valence-electron chi connectivity index (χ3n) is 4.94. The van der Waals surface area contributed by atoms with E-state index < -0.39 is 0 Å². The largest absolute Gasteiger partial charge is 0.493 e. The van der Waals surface area contributed by atoms with Crippen LogP contribution in [-0.4, -0.2) is 33.5 Å². The molecule has 1 N–H and O–H groups in total. The molecule has 0 spiro atoms. The van der Waals surface area contributed by atoms with Crippen molar-refractivity contribution in [1.29, 1.82) is 0 Å². The Balaban J connectivity index is 1.97. The molecule has 3 rings (SSSR count). The Labute approximate surface area is 182 Å². The summed E-state index contributed by atoms with van der Waals surface area (Å²) in [6.07, 6.45) is 1.70. The second-order valence-electron chi connectivity index (χ2n) is 6.99. The number of aliphatic imine (C=N–C) groups is 1. The van der Waals surface area contributed by atoms with Crippen LogP contribution >= 0.6 is 0 Å². The minimum atomic E-state index is -0.187. The van der Waals surface area contributed by atoms with E-state index in [4.69, 9.17) is 14.2 Å². The van der Waals surface area contributed by atoms with Gasteiger partial charge in [0.1, 0.15) is 0 Å². The molecule has 0 saturated heterocycles. The quantitative estimate of drug-likeness (QED) is 0.527. The maximum absolute atomic E-state index is 12.7. The van der Waals surface area contributed by atoms with Gasteiger partial charge >= 0.3 is 0 Å². The van der Waals surface area contributed by atoms with Gasteiger partial charge < -0.3 is 19.5 Å². The summed E-state index contributed by atoms with van der Waals surface area (Å²) in [4.78, 5) is 17.3. The Morgan fingerprint density at radius 1 is 0.871 bits per heavy atom. The molecule has 0 fully saturated rings. The number of ether oxygens (including phenoxy) is 3. The van der Waals surface area contributed by atoms with Crippen LogP contribution in [0.5, 0.6) is 17.2 Å². The average Bonchev–Trinajstić information content (AvgIpc) is 2.80. The predicted octanol–water partition coefficient (Wildman–Crippen LogP) is 5.33. The number of rotatable bonds is 7. The summed E-state index contributed by atoms with van der Waals surface area (Å²) in [5.74, 6) is 1.42. The van der Waals surface area contributed by atoms with Crippen molar-refractivity contribution in [2.24, 2.45) is 4.99 Å². The number of hydrogen-bond acceptors (Lipinski definition) is 5. The number of nitrogens with one attached hydrogen (secondary N) is 1. The van der Waals surface area contributed by atoms with Crippen LogP contribution in [0.3, 0.4) is 0 Å². The van der Waals surface area contributed by atoms with Gasteiger partial charge in [0, 0.05) is 17.3 Å². The minimum Gasteiger partial charge on any atom is -0.493 e. The standard InChI is InChI=1S/C25H26N2O4/c1-16-11-20(21(12-17(16)2)27-25(28)19-9-7-6-8-10-19)26-15-18-13-22(29-3)24(31-5)23(14-18)30-4/h6-15H,1-5H3,(H,27,28). The molecular formula is C25H26N2O4. The average molecular weight is 418 g/mol. The molecule has 0 saturated carbocycles. The molecule has 6 heteroatoms. The number of aryl methyl sites for hydroxylation is 2. The maximum atomic E-state index is 12.7. The van der Waals surface area contributed by atoms with E-state index in [2.05, 4.69) is 10.3 Å². The van der Waals surface area contributed by atoms with Gasteiger partial charge in [-0.05, 0) is 61.4 Å². The lowest BCUT2D eigenvalue weighted by molar-refractivity contribution is 0.102. The molecule has 0 heterocycles. The summed E-state index contributed by atoms with van der Waals surface area (Å²) in [5, 5.41) is 2.97. The van der Waals surface area contributed by atoms with Crippen LogP contribution in [0.4, 0.5) is 11.4 Å². The molecule has 3 aromatic carbocycles. The van der Waals surface area contributed by atoms with Gasteiger partial charge in [0.2, 0.25) is 5.75 Å². The molecule has 0 aliphatic carbocycles. The summed E-state index contributed by atoms with van der Waals surface area (Å²) >= 11 is 0. The number of anilines is 1. The van der Waals surface area contributed by atoms with Gasteiger partial charge in [-0.1, -0.05) is 18.2 Å². The van der Waals surface area contributed by atoms with E-state index in [-0.39, 0.29) is 5.91 Å². The number of methoxy groups -OCH3 is 3. The molecule has 0 aromatic heterocycles. The van der Waals surface area contributed by atoms with Crippen LogP contribution in [0.15, 0.2) is 59.6 Å². The highest BCUT2D eigenvalue weighted by atomic mass is 16.5. The molecule has 6 nitrogen and oxygen atoms in total. The molecule has 0 unspecified atom stereocenters. The fourth-order valence-electron chi connectivity index (χ4n) is 3.11. The first-order valence-electron chi connectivity index (χ1n) is 9.78. The van der Waals surface area contributed by atoms with Crippen molar-refractivity contribution >= 4 is 23.5 Å². The van der Waals surface area contributed by atoms with Crippen LogP contribution in [0.1, 0.15) is 27.0 Å². The van der Waals surface area contributed by atoms with Gasteiger partial charge in [-0.15, -0.1) is 0 Å². The Bertz CT molecular complexity index is 1080. The van der Waals surface area contributed by atoms with Crippen LogP contribution < -0.4 is 19.5 Å². The molecule has 0 bridgehead atoms. The second-order valence-corrected chi connectivity index (χ2v) is 6.99. The van der Waals surface area contributed by atoms with Gasteiger partial charge in [-0.3, -0.25) is 9.79 Å². The Hall–Kier alpha value is -3.80. The highest BCUT2D eigenvalue weighted by molar-refractivity contribution is 6.06. The predicted molar refractivity (Wildman–Crippen MR) is 124 cm³/mol. The molecule has 31 heavy (non-hydrogen) atoms. The first-order valence-corrected chi connectivity index (χ1v) is 9.78. The summed E-state index contributed by atoms with van der Waals surface area (Å²) in [6.45, 7) is 4.01. The van der Waals surface area contributed by atoms with Crippen molar-refractivity contribution in [3.8, 4) is 17.2 Å². The van der Waals surface area contributed by atoms with Crippen LogP contribution in [0.2, 0.25) is 0 Å². The van der Waals surface area contributed by atoms with E-state index in [1.807, 2.05) is 56.3 Å². The summed E-state index contributed by atoms with van der Waals surface area (Å²) < 4.78 is 16.2. The van der Waals surface area contributed by atoms with Gasteiger partial charge in [0.05, 0.1) is 32.7 Å². The van der Waals surface area contributed by atoms with Gasteiger partial charge in [-0.2, -0.15) is 0 Å². The summed E-state index contributed by atoms with van der Waals surface area (Å²) in [7, 11) is 4.70. The van der Waals surface area contributed by atoms with E-state index in [9.17, 15) is 4.79 Å². The third-order valence-corrected chi connectivity index (χ3v) is 4.94. The van der Waals surface area contributed by atoms with Crippen molar-refractivity contribution in [3.05, 3.63) is 76.9 Å². The van der Waals surface area contributed by atoms with Crippen molar-refractivity contribution in [2.45, 2.75) is 13.8 Å². The Morgan fingerprint density at radius 2 is 1.48 bits per heavy atom. The van der Waals surface area contributed by atoms with Gasteiger partial charge in [0.25, 0.3) is 5.91 Å². The second kappa shape index (κ2) is 9.80. The smallest absolute Gasteiger partial charge is 0.255 e. The summed E-state index contributed by atoms with van der Waals surface area (Å²) in [5.41, 5.74) is 4.79. The van der Waals surface area contributed by atoms with Gasteiger partial charge in [-0.25, -0.2) is 0 Å². The first kappa shape index (κ1) is 21.9. The van der Waals surface area contributed by atoms with Crippen molar-refractivity contribution in [3.63, 3.8) is 0 Å². The van der Waals surface area contributed by atoms with Crippen LogP contribution in [0.25, 0.3) is 0 Å². The maximum Gasteiger partial charge on any atom is 0.255 e. The molecule has 3 aromatic rings. The fourth-order valence-corrected chi connectivity index (χ4v) is 3.11. The van der Waals surface area contributed by atoms with Crippen LogP contribution in [0, 0.1) is 13.8 Å². The van der Waals surface area contributed by atoms with Crippen molar-refractivity contribution in [2.75, 3.05) is 26.6 Å². The highest BCUT2D eigenvalue weighted by Gasteiger charge is 2.13. The van der Waals surface area contributed by atoms with E-state index >= 15 is 0 Å². The van der Waals surface area contributed by atoms with E-state index in [0.29, 0.717) is 34.2 Å². The van der Waals surface area contributed by atoms with E-state index in [0.717, 1.165) is 16.7 Å². The molecule has 1 amide bonds. The monoisotopic (exact) mass is 418 g/mol. The number of benzene rings is 3. The van der Waals surface area contributed by atoms with Gasteiger partial charge in [0.15, 0.2) is 11.5 Å². The zero-order chi connectivity index (χ0) is 22.4. The van der Waals surface area contributed by atoms with E-state index in [1.165, 1.54) is 0 Å². The zero-order valence-corrected chi connectivity index (χ0v) is 18.4. The number of carbonyl (C=O) groups excluding carboxylic acids is 1. The fraction of sp³-hybridized carbons (Fsp3) is 0.200. The lowest BCUT2D eigenvalue weighted by Crippen LogP contribution is -2.12. The lowest BCUT2D eigenvalue weighted by Gasteiger charge is -2.13. The SMILES string of the molecule is COc1cc(C=Nc2cc(C)c(C)cc2NC(=O)c2ccccc2)cc(OC)c1OC. The Kier molecular flexibility index (Phi) is 6.92. The van der Waals surface area contributed by atoms with E-state index in [1.54, 1.807) is 39.7 Å². The number of hydrogen-bond donors (Lipinski definition) is 1. The molecule has 160 valence electrons. The minimum absolute atomic E-state index is 0.187. The van der Waals surface area contributed by atoms with Crippen molar-refractivity contribution < 1.29 is 19.0 Å². The number of nitrogens with zero attached hydrogens (tertiary/aromatic N) is 1. The molecule has 0 radical (unpaired) electrons. The summed E-state index contributed by atoms with van der Waals surface area (Å²) in [6, 6.07) is 16.6. The molecule has 0 aliphatic rings. The lowest BCUT2D eigenvalue weighted by atomic mass is 10.1. The third kappa shape index (κ3) is 5.04. The highest BCUT2D eigenvalue weighted by Crippen LogP contribution is 2.38. The van der Waals surface area contributed by atoms with Crippen LogP contribution in [-0.2, 0) is 0 Å². The van der Waals surface area contributed by atoms with Crippen molar-refractivity contribution in [1.82, 2.24) is 0 Å². The first-order chi connectivity index (χ1) is 15.0. The molecular weight excluding hydrogens is 392 g/mol. The zero-order valence-electron chi connectivity index (χ0n) is 18.4. The normalized spacial score (nSPS) is 10.7.